The molecule has 1 saturated heterocycles. The zero-order valence-electron chi connectivity index (χ0n) is 33.4. The fourth-order valence-electron chi connectivity index (χ4n) is 6.83. The van der Waals surface area contributed by atoms with E-state index in [0.717, 1.165) is 17.7 Å². The quantitative estimate of drug-likeness (QED) is 0.196. The van der Waals surface area contributed by atoms with E-state index in [0.29, 0.717) is 19.4 Å². The van der Waals surface area contributed by atoms with Gasteiger partial charge in [0.25, 0.3) is 0 Å². The minimum Gasteiger partial charge on any atom is -0.394 e. The Morgan fingerprint density at radius 2 is 1.71 bits per heavy atom. The smallest absolute Gasteiger partial charge is 0.245 e. The summed E-state index contributed by atoms with van der Waals surface area (Å²) in [6.07, 6.45) is 1.57. The summed E-state index contributed by atoms with van der Waals surface area (Å²) < 4.78 is 11.9. The number of ether oxygens (including phenoxy) is 2. The molecule has 1 aromatic rings. The predicted octanol–water partition coefficient (Wildman–Crippen LogP) is 3.56. The van der Waals surface area contributed by atoms with Crippen molar-refractivity contribution in [3.8, 4) is 0 Å². The van der Waals surface area contributed by atoms with Gasteiger partial charge in [0.1, 0.15) is 6.04 Å². The summed E-state index contributed by atoms with van der Waals surface area (Å²) in [6.45, 7) is 15.6. The monoisotopic (exact) mass is 737 g/mol. The van der Waals surface area contributed by atoms with Crippen molar-refractivity contribution in [3.05, 3.63) is 22.4 Å². The van der Waals surface area contributed by atoms with E-state index >= 15 is 0 Å². The van der Waals surface area contributed by atoms with Crippen LogP contribution >= 0.6 is 11.3 Å². The van der Waals surface area contributed by atoms with Crippen LogP contribution in [0.4, 0.5) is 0 Å². The molecule has 1 aliphatic heterocycles. The van der Waals surface area contributed by atoms with Gasteiger partial charge < -0.3 is 35.0 Å². The van der Waals surface area contributed by atoms with Crippen molar-refractivity contribution < 1.29 is 33.8 Å². The first-order valence-corrected chi connectivity index (χ1v) is 19.2. The number of carbonyl (C=O) groups excluding carboxylic acids is 4. The Balaban J connectivity index is 2.28. The third-order valence-electron chi connectivity index (χ3n) is 10.9. The Morgan fingerprint density at radius 3 is 2.20 bits per heavy atom. The second-order valence-corrected chi connectivity index (χ2v) is 17.0. The molecular weight excluding hydrogens is 671 g/mol. The minimum absolute atomic E-state index is 0.0234. The van der Waals surface area contributed by atoms with Crippen LogP contribution < -0.4 is 10.6 Å². The lowest BCUT2D eigenvalue weighted by Crippen LogP contribution is -2.63. The third kappa shape index (κ3) is 11.5. The number of hydrogen-bond acceptors (Lipinski definition) is 9. The summed E-state index contributed by atoms with van der Waals surface area (Å²) in [6, 6.07) is 1.89. The third-order valence-corrected chi connectivity index (χ3v) is 11.8. The van der Waals surface area contributed by atoms with Crippen molar-refractivity contribution >= 4 is 35.0 Å². The number of thiophene rings is 1. The molecule has 0 spiro atoms. The summed E-state index contributed by atoms with van der Waals surface area (Å²) >= 11 is 1.58. The van der Waals surface area contributed by atoms with Crippen LogP contribution in [-0.4, -0.2) is 134 Å². The maximum absolute atomic E-state index is 14.3. The Labute approximate surface area is 311 Å². The van der Waals surface area contributed by atoms with Crippen LogP contribution in [0.25, 0.3) is 0 Å². The predicted molar refractivity (Wildman–Crippen MR) is 202 cm³/mol. The Hall–Kier alpha value is -2.58. The number of rotatable bonds is 19. The standard InChI is InChI=1S/C38H67N5O7S/c1-14-24(2)31(42(11)35(47)33(37(4,5)6)40-36(48)38(7,8)41(9)10)29(49-12)22-30(45)43-19-15-18-28(43)32(50-13)25(3)34(46)39-26(23-44)21-27-17-16-20-51-27/h16-17,20,24-26,28-29,31-33,44H,14-15,18-19,21-23H2,1-13H3,(H,39,46)(H,40,48)/t24-,25+,26-,28-,29+,31-,32+,33+/m0/s1. The number of likely N-dealkylation sites (tertiary alicyclic amines) is 1. The fourth-order valence-corrected chi connectivity index (χ4v) is 7.62. The molecule has 292 valence electrons. The van der Waals surface area contributed by atoms with E-state index < -0.39 is 47.2 Å². The van der Waals surface area contributed by atoms with Crippen LogP contribution in [0.2, 0.25) is 0 Å². The van der Waals surface area contributed by atoms with E-state index in [2.05, 4.69) is 10.6 Å². The number of nitrogens with zero attached hydrogens (tertiary/aromatic N) is 3. The lowest BCUT2D eigenvalue weighted by molar-refractivity contribution is -0.149. The average molecular weight is 738 g/mol. The number of nitrogens with one attached hydrogen (secondary N) is 2. The van der Waals surface area contributed by atoms with Gasteiger partial charge in [-0.05, 0) is 63.6 Å². The number of carbonyl (C=O) groups is 4. The minimum atomic E-state index is -0.838. The van der Waals surface area contributed by atoms with Gasteiger partial charge in [-0.1, -0.05) is 54.0 Å². The van der Waals surface area contributed by atoms with Crippen molar-refractivity contribution in [3.63, 3.8) is 0 Å². The second kappa shape index (κ2) is 19.5. The highest BCUT2D eigenvalue weighted by Gasteiger charge is 2.45. The number of likely N-dealkylation sites (N-methyl/N-ethyl adjacent to an activating group) is 2. The largest absolute Gasteiger partial charge is 0.394 e. The van der Waals surface area contributed by atoms with E-state index in [1.54, 1.807) is 49.3 Å². The van der Waals surface area contributed by atoms with Gasteiger partial charge in [-0.2, -0.15) is 0 Å². The summed E-state index contributed by atoms with van der Waals surface area (Å²) in [5, 5.41) is 17.9. The highest BCUT2D eigenvalue weighted by Crippen LogP contribution is 2.31. The van der Waals surface area contributed by atoms with Gasteiger partial charge in [0.15, 0.2) is 0 Å². The maximum Gasteiger partial charge on any atom is 0.245 e. The maximum atomic E-state index is 14.3. The van der Waals surface area contributed by atoms with Crippen LogP contribution in [0.15, 0.2) is 17.5 Å². The van der Waals surface area contributed by atoms with Crippen molar-refractivity contribution in [1.29, 1.82) is 0 Å². The molecule has 1 fully saturated rings. The summed E-state index contributed by atoms with van der Waals surface area (Å²) in [5.74, 6) is -1.47. The van der Waals surface area contributed by atoms with Crippen LogP contribution in [0.5, 0.6) is 0 Å². The van der Waals surface area contributed by atoms with Gasteiger partial charge in [0.05, 0.1) is 54.8 Å². The summed E-state index contributed by atoms with van der Waals surface area (Å²) in [5.41, 5.74) is -1.43. The first kappa shape index (κ1) is 44.6. The molecule has 3 N–H and O–H groups in total. The number of amides is 4. The Kier molecular flexibility index (Phi) is 17.0. The molecule has 0 aromatic carbocycles. The lowest BCUT2D eigenvalue weighted by Gasteiger charge is -2.43. The van der Waals surface area contributed by atoms with Crippen LogP contribution in [0, 0.1) is 17.3 Å². The Bertz CT molecular complexity index is 1270. The van der Waals surface area contributed by atoms with E-state index in [1.165, 1.54) is 0 Å². The molecule has 2 heterocycles. The second-order valence-electron chi connectivity index (χ2n) is 16.0. The molecule has 0 saturated carbocycles. The first-order chi connectivity index (χ1) is 23.8. The van der Waals surface area contributed by atoms with Crippen molar-refractivity contribution in [2.24, 2.45) is 17.3 Å². The van der Waals surface area contributed by atoms with E-state index in [4.69, 9.17) is 9.47 Å². The van der Waals surface area contributed by atoms with Gasteiger partial charge in [-0.3, -0.25) is 24.1 Å². The van der Waals surface area contributed by atoms with Crippen molar-refractivity contribution in [1.82, 2.24) is 25.3 Å². The fraction of sp³-hybridized carbons (Fsp3) is 0.789. The van der Waals surface area contributed by atoms with Crippen molar-refractivity contribution in [2.45, 2.75) is 129 Å². The van der Waals surface area contributed by atoms with Gasteiger partial charge in [-0.25, -0.2) is 0 Å². The molecule has 13 heteroatoms. The highest BCUT2D eigenvalue weighted by atomic mass is 32.1. The molecule has 8 atom stereocenters. The van der Waals surface area contributed by atoms with E-state index in [-0.39, 0.29) is 48.6 Å². The Morgan fingerprint density at radius 1 is 1.06 bits per heavy atom. The van der Waals surface area contributed by atoms with Gasteiger partial charge in [0, 0.05) is 39.1 Å². The molecule has 1 aliphatic rings. The highest BCUT2D eigenvalue weighted by molar-refractivity contribution is 7.09. The molecule has 51 heavy (non-hydrogen) atoms. The molecule has 2 rings (SSSR count). The number of methoxy groups -OCH3 is 2. The molecule has 4 amide bonds. The summed E-state index contributed by atoms with van der Waals surface area (Å²) in [7, 11) is 8.51. The number of aliphatic hydroxyl groups is 1. The first-order valence-electron chi connectivity index (χ1n) is 18.3. The van der Waals surface area contributed by atoms with E-state index in [9.17, 15) is 24.3 Å². The molecule has 0 aliphatic carbocycles. The van der Waals surface area contributed by atoms with Crippen LogP contribution in [0.1, 0.15) is 86.0 Å². The molecule has 0 bridgehead atoms. The molecular formula is C38H67N5O7S. The summed E-state index contributed by atoms with van der Waals surface area (Å²) in [4.78, 5) is 61.7. The lowest BCUT2D eigenvalue weighted by atomic mass is 9.83. The molecule has 0 radical (unpaired) electrons. The van der Waals surface area contributed by atoms with Crippen LogP contribution in [0.3, 0.4) is 0 Å². The topological polar surface area (TPSA) is 141 Å². The zero-order chi connectivity index (χ0) is 38.8. The number of hydrogen-bond donors (Lipinski definition) is 3. The molecule has 1 aromatic heterocycles. The van der Waals surface area contributed by atoms with Crippen LogP contribution in [-0.2, 0) is 35.1 Å². The van der Waals surface area contributed by atoms with Crippen molar-refractivity contribution in [2.75, 3.05) is 48.5 Å². The van der Waals surface area contributed by atoms with Gasteiger partial charge in [0.2, 0.25) is 23.6 Å². The zero-order valence-corrected chi connectivity index (χ0v) is 34.3. The number of aliphatic hydroxyl groups excluding tert-OH is 1. The van der Waals surface area contributed by atoms with E-state index in [1.807, 2.05) is 85.0 Å². The molecule has 12 nitrogen and oxygen atoms in total. The van der Waals surface area contributed by atoms with Gasteiger partial charge in [-0.15, -0.1) is 11.3 Å². The van der Waals surface area contributed by atoms with Gasteiger partial charge >= 0.3 is 0 Å². The average Bonchev–Trinajstić information content (AvgIpc) is 3.78. The molecule has 0 unspecified atom stereocenters. The normalized spacial score (nSPS) is 19.5. The SMILES string of the molecule is CC[C@H](C)[C@@H]([C@@H](CC(=O)N1CCC[C@H]1[C@H](OC)[C@@H](C)C(=O)N[C@H](CO)Cc1cccs1)OC)N(C)C(=O)[C@@H](NC(=O)C(C)(C)N(C)C)C(C)(C)C.